The van der Waals surface area contributed by atoms with Crippen LogP contribution in [0.15, 0.2) is 28.1 Å². The largest absolute Gasteiger partial charge is 0.443 e. The Bertz CT molecular complexity index is 1030. The minimum atomic E-state index is -4.46. The van der Waals surface area contributed by atoms with Crippen LogP contribution in [0.2, 0.25) is 0 Å². The molecule has 0 atom stereocenters. The third kappa shape index (κ3) is 2.54. The Balaban J connectivity index is 1.74. The molecule has 1 N–H and O–H groups in total. The summed E-state index contributed by atoms with van der Waals surface area (Å²) in [5, 5.41) is 4.25. The van der Waals surface area contributed by atoms with Gasteiger partial charge >= 0.3 is 6.18 Å². The topological polar surface area (TPSA) is 80.5 Å². The first kappa shape index (κ1) is 14.8. The van der Waals surface area contributed by atoms with E-state index in [1.165, 1.54) is 5.38 Å². The number of H-pyrrole nitrogens is 1. The summed E-state index contributed by atoms with van der Waals surface area (Å²) in [7, 11) is 0. The molecular formula is C14H8F3N5OS. The maximum absolute atomic E-state index is 12.7. The molecule has 3 aromatic heterocycles. The van der Waals surface area contributed by atoms with Gasteiger partial charge < -0.3 is 9.51 Å². The number of halogens is 3. The van der Waals surface area contributed by atoms with Gasteiger partial charge in [0.15, 0.2) is 10.8 Å². The van der Waals surface area contributed by atoms with Gasteiger partial charge in [0.2, 0.25) is 11.7 Å². The van der Waals surface area contributed by atoms with Gasteiger partial charge in [-0.05, 0) is 18.2 Å². The fourth-order valence-corrected chi connectivity index (χ4v) is 2.87. The molecule has 0 aliphatic rings. The van der Waals surface area contributed by atoms with Gasteiger partial charge in [0.05, 0.1) is 11.0 Å². The van der Waals surface area contributed by atoms with Crippen LogP contribution >= 0.6 is 11.3 Å². The van der Waals surface area contributed by atoms with Crippen molar-refractivity contribution >= 4 is 22.4 Å². The Morgan fingerprint density at radius 2 is 2.00 bits per heavy atom. The van der Waals surface area contributed by atoms with E-state index >= 15 is 0 Å². The number of hydrogen-bond donors (Lipinski definition) is 1. The molecule has 0 saturated heterocycles. The van der Waals surface area contributed by atoms with Crippen molar-refractivity contribution in [3.05, 3.63) is 34.5 Å². The van der Waals surface area contributed by atoms with E-state index in [0.717, 1.165) is 0 Å². The highest BCUT2D eigenvalue weighted by Crippen LogP contribution is 2.34. The second-order valence-electron chi connectivity index (χ2n) is 4.99. The van der Waals surface area contributed by atoms with Crippen molar-refractivity contribution in [3.63, 3.8) is 0 Å². The molecule has 122 valence electrons. The number of alkyl halides is 3. The molecule has 10 heteroatoms. The zero-order valence-corrected chi connectivity index (χ0v) is 12.9. The smallest absolute Gasteiger partial charge is 0.339 e. The van der Waals surface area contributed by atoms with Gasteiger partial charge in [0.1, 0.15) is 5.69 Å². The molecule has 0 radical (unpaired) electrons. The Morgan fingerprint density at radius 1 is 1.17 bits per heavy atom. The first-order valence-electron chi connectivity index (χ1n) is 6.74. The predicted octanol–water partition coefficient (Wildman–Crippen LogP) is 4.06. The maximum atomic E-state index is 12.7. The van der Waals surface area contributed by atoms with Crippen LogP contribution in [0.1, 0.15) is 10.9 Å². The van der Waals surface area contributed by atoms with Gasteiger partial charge in [0, 0.05) is 17.9 Å². The molecule has 6 nitrogen and oxygen atoms in total. The van der Waals surface area contributed by atoms with Crippen LogP contribution in [0, 0.1) is 6.92 Å². The van der Waals surface area contributed by atoms with E-state index in [1.54, 1.807) is 25.1 Å². The number of aromatic amines is 1. The monoisotopic (exact) mass is 351 g/mol. The van der Waals surface area contributed by atoms with Crippen LogP contribution in [0.3, 0.4) is 0 Å². The lowest BCUT2D eigenvalue weighted by atomic mass is 10.2. The number of nitrogens with one attached hydrogen (secondary N) is 1. The lowest BCUT2D eigenvalue weighted by Crippen LogP contribution is -2.03. The highest BCUT2D eigenvalue weighted by atomic mass is 32.1. The second kappa shape index (κ2) is 5.13. The summed E-state index contributed by atoms with van der Waals surface area (Å²) >= 11 is 0.535. The van der Waals surface area contributed by atoms with Crippen molar-refractivity contribution in [1.82, 2.24) is 25.1 Å². The lowest BCUT2D eigenvalue weighted by molar-refractivity contribution is -0.137. The van der Waals surface area contributed by atoms with Gasteiger partial charge in [-0.1, -0.05) is 5.16 Å². The summed E-state index contributed by atoms with van der Waals surface area (Å²) in [5.74, 6) is 1.15. The van der Waals surface area contributed by atoms with E-state index in [4.69, 9.17) is 4.52 Å². The molecule has 0 amide bonds. The van der Waals surface area contributed by atoms with E-state index in [2.05, 4.69) is 25.1 Å². The fraction of sp³-hybridized carbons (Fsp3) is 0.143. The summed E-state index contributed by atoms with van der Waals surface area (Å²) in [6.45, 7) is 1.68. The lowest BCUT2D eigenvalue weighted by Gasteiger charge is -1.98. The molecule has 0 aliphatic heterocycles. The average Bonchev–Trinajstić information content (AvgIpc) is 3.23. The van der Waals surface area contributed by atoms with Gasteiger partial charge in [-0.2, -0.15) is 18.2 Å². The zero-order valence-electron chi connectivity index (χ0n) is 12.0. The quantitative estimate of drug-likeness (QED) is 0.589. The zero-order chi connectivity index (χ0) is 16.9. The van der Waals surface area contributed by atoms with E-state index < -0.39 is 11.2 Å². The summed E-state index contributed by atoms with van der Waals surface area (Å²) in [6, 6.07) is 5.25. The number of fused-ring (bicyclic) bond motifs is 1. The molecule has 0 spiro atoms. The SMILES string of the molecule is Cc1nc(-c2ccc3nc(-c4csc(C(F)(F)F)n4)[nH]c3c2)no1. The van der Waals surface area contributed by atoms with E-state index in [0.29, 0.717) is 39.6 Å². The molecule has 1 aromatic carbocycles. The maximum Gasteiger partial charge on any atom is 0.443 e. The van der Waals surface area contributed by atoms with Crippen molar-refractivity contribution in [1.29, 1.82) is 0 Å². The number of nitrogens with zero attached hydrogens (tertiary/aromatic N) is 4. The number of hydrogen-bond acceptors (Lipinski definition) is 6. The van der Waals surface area contributed by atoms with Crippen LogP contribution in [0.5, 0.6) is 0 Å². The molecule has 0 saturated carbocycles. The minimum absolute atomic E-state index is 0.153. The van der Waals surface area contributed by atoms with Crippen LogP contribution in [0.25, 0.3) is 33.9 Å². The molecule has 0 bridgehead atoms. The first-order chi connectivity index (χ1) is 11.4. The van der Waals surface area contributed by atoms with Gasteiger partial charge in [-0.25, -0.2) is 9.97 Å². The number of aromatic nitrogens is 5. The van der Waals surface area contributed by atoms with Crippen LogP contribution in [-0.2, 0) is 6.18 Å². The van der Waals surface area contributed by atoms with Crippen molar-refractivity contribution in [2.45, 2.75) is 13.1 Å². The average molecular weight is 351 g/mol. The summed E-state index contributed by atoms with van der Waals surface area (Å²) < 4.78 is 42.9. The predicted molar refractivity (Wildman–Crippen MR) is 80.2 cm³/mol. The highest BCUT2D eigenvalue weighted by Gasteiger charge is 2.34. The molecule has 3 heterocycles. The molecule has 4 aromatic rings. The van der Waals surface area contributed by atoms with Crippen molar-refractivity contribution in [3.8, 4) is 22.9 Å². The normalized spacial score (nSPS) is 12.2. The minimum Gasteiger partial charge on any atom is -0.339 e. The van der Waals surface area contributed by atoms with Gasteiger partial charge in [0.25, 0.3) is 0 Å². The van der Waals surface area contributed by atoms with Crippen molar-refractivity contribution < 1.29 is 17.7 Å². The Labute approximate surface area is 136 Å². The number of benzene rings is 1. The van der Waals surface area contributed by atoms with E-state index in [1.807, 2.05) is 0 Å². The highest BCUT2D eigenvalue weighted by molar-refractivity contribution is 7.10. The summed E-state index contributed by atoms with van der Waals surface area (Å²) in [6.07, 6.45) is -4.46. The molecule has 4 rings (SSSR count). The number of imidazole rings is 1. The third-order valence-corrected chi connectivity index (χ3v) is 4.14. The summed E-state index contributed by atoms with van der Waals surface area (Å²) in [5.41, 5.74) is 2.12. The standard InChI is InChI=1S/C14H8F3N5OS/c1-6-18-11(22-23-6)7-2-3-8-9(4-7)20-12(19-8)10-5-24-13(21-10)14(15,16)17/h2-5H,1H3,(H,19,20). The van der Waals surface area contributed by atoms with Crippen LogP contribution < -0.4 is 0 Å². The van der Waals surface area contributed by atoms with Crippen LogP contribution in [0.4, 0.5) is 13.2 Å². The summed E-state index contributed by atoms with van der Waals surface area (Å²) in [4.78, 5) is 15.0. The number of rotatable bonds is 2. The molecule has 0 unspecified atom stereocenters. The van der Waals surface area contributed by atoms with Crippen LogP contribution in [-0.4, -0.2) is 25.1 Å². The van der Waals surface area contributed by atoms with Gasteiger partial charge in [-0.15, -0.1) is 11.3 Å². The molecular weight excluding hydrogens is 343 g/mol. The Morgan fingerprint density at radius 3 is 2.67 bits per heavy atom. The van der Waals surface area contributed by atoms with Crippen molar-refractivity contribution in [2.24, 2.45) is 0 Å². The van der Waals surface area contributed by atoms with E-state index in [9.17, 15) is 13.2 Å². The molecule has 0 fully saturated rings. The molecule has 0 aliphatic carbocycles. The number of aryl methyl sites for hydroxylation is 1. The Hall–Kier alpha value is -2.75. The number of thiazole rings is 1. The first-order valence-corrected chi connectivity index (χ1v) is 7.62. The second-order valence-corrected chi connectivity index (χ2v) is 5.85. The van der Waals surface area contributed by atoms with Gasteiger partial charge in [-0.3, -0.25) is 0 Å². The van der Waals surface area contributed by atoms with Crippen molar-refractivity contribution in [2.75, 3.05) is 0 Å². The molecule has 24 heavy (non-hydrogen) atoms. The third-order valence-electron chi connectivity index (χ3n) is 3.26. The van der Waals surface area contributed by atoms with E-state index in [-0.39, 0.29) is 11.5 Å². The fourth-order valence-electron chi connectivity index (χ4n) is 2.20. The Kier molecular flexibility index (Phi) is 3.17.